The second-order valence-electron chi connectivity index (χ2n) is 5.85. The number of likely N-dealkylation sites (N-methyl/N-ethyl adjacent to an activating group) is 1. The summed E-state index contributed by atoms with van der Waals surface area (Å²) >= 11 is 0. The van der Waals surface area contributed by atoms with E-state index in [9.17, 15) is 0 Å². The second kappa shape index (κ2) is 6.93. The summed E-state index contributed by atoms with van der Waals surface area (Å²) in [4.78, 5) is 0. The largest absolute Gasteiger partial charge is 0.314 e. The highest BCUT2D eigenvalue weighted by atomic mass is 15.3. The van der Waals surface area contributed by atoms with Crippen molar-refractivity contribution in [3.63, 3.8) is 0 Å². The van der Waals surface area contributed by atoms with Gasteiger partial charge in [0.1, 0.15) is 0 Å². The lowest BCUT2D eigenvalue weighted by Crippen LogP contribution is -2.39. The molecule has 18 heavy (non-hydrogen) atoms. The molecule has 3 heteroatoms. The van der Waals surface area contributed by atoms with Gasteiger partial charge in [-0.25, -0.2) is 0 Å². The van der Waals surface area contributed by atoms with Gasteiger partial charge in [0.15, 0.2) is 0 Å². The molecule has 0 aliphatic carbocycles. The Morgan fingerprint density at radius 3 is 2.33 bits per heavy atom. The van der Waals surface area contributed by atoms with Crippen LogP contribution in [-0.4, -0.2) is 22.4 Å². The summed E-state index contributed by atoms with van der Waals surface area (Å²) in [6, 6.07) is 3.11. The van der Waals surface area contributed by atoms with Crippen molar-refractivity contribution in [3.8, 4) is 0 Å². The third kappa shape index (κ3) is 4.13. The number of nitrogens with one attached hydrogen (secondary N) is 1. The van der Waals surface area contributed by atoms with E-state index in [1.807, 2.05) is 4.68 Å². The Kier molecular flexibility index (Phi) is 5.86. The van der Waals surface area contributed by atoms with E-state index in [1.54, 1.807) is 0 Å². The summed E-state index contributed by atoms with van der Waals surface area (Å²) in [5.41, 5.74) is 1.20. The molecule has 0 saturated heterocycles. The average molecular weight is 251 g/mol. The maximum Gasteiger partial charge on any atom is 0.0640 e. The van der Waals surface area contributed by atoms with E-state index >= 15 is 0 Å². The zero-order valence-corrected chi connectivity index (χ0v) is 12.8. The van der Waals surface area contributed by atoms with Gasteiger partial charge in [-0.3, -0.25) is 4.68 Å². The van der Waals surface area contributed by atoms with Crippen LogP contribution >= 0.6 is 0 Å². The van der Waals surface area contributed by atoms with Gasteiger partial charge in [-0.05, 0) is 38.3 Å². The summed E-state index contributed by atoms with van der Waals surface area (Å²) < 4.78 is 2.04. The average Bonchev–Trinajstić information content (AvgIpc) is 2.76. The Hall–Kier alpha value is -0.830. The highest BCUT2D eigenvalue weighted by Gasteiger charge is 2.20. The number of hydrogen-bond donors (Lipinski definition) is 1. The third-order valence-corrected chi connectivity index (χ3v) is 3.77. The van der Waals surface area contributed by atoms with Crippen molar-refractivity contribution in [2.45, 2.75) is 60.0 Å². The van der Waals surface area contributed by atoms with E-state index in [0.717, 1.165) is 13.0 Å². The van der Waals surface area contributed by atoms with Crippen LogP contribution in [0.3, 0.4) is 0 Å². The summed E-state index contributed by atoms with van der Waals surface area (Å²) in [7, 11) is 0. The third-order valence-electron chi connectivity index (χ3n) is 3.77. The molecule has 1 rings (SSSR count). The van der Waals surface area contributed by atoms with Crippen LogP contribution in [0.5, 0.6) is 0 Å². The highest BCUT2D eigenvalue weighted by molar-refractivity contribution is 5.03. The molecule has 0 saturated carbocycles. The summed E-state index contributed by atoms with van der Waals surface area (Å²) in [6.45, 7) is 14.4. The lowest BCUT2D eigenvalue weighted by molar-refractivity contribution is 0.298. The molecule has 2 atom stereocenters. The molecule has 0 spiro atoms. The van der Waals surface area contributed by atoms with Crippen LogP contribution in [-0.2, 0) is 6.42 Å². The minimum Gasteiger partial charge on any atom is -0.314 e. The van der Waals surface area contributed by atoms with Crippen molar-refractivity contribution in [1.82, 2.24) is 15.1 Å². The van der Waals surface area contributed by atoms with Gasteiger partial charge in [-0.15, -0.1) is 0 Å². The Morgan fingerprint density at radius 2 is 1.89 bits per heavy atom. The van der Waals surface area contributed by atoms with Gasteiger partial charge in [0.25, 0.3) is 0 Å². The van der Waals surface area contributed by atoms with Gasteiger partial charge in [0.05, 0.1) is 5.69 Å². The van der Waals surface area contributed by atoms with Crippen molar-refractivity contribution in [3.05, 3.63) is 18.0 Å². The Labute approximate surface area is 112 Å². The maximum absolute atomic E-state index is 4.65. The minimum atomic E-state index is 0.443. The van der Waals surface area contributed by atoms with Crippen molar-refractivity contribution in [1.29, 1.82) is 0 Å². The zero-order chi connectivity index (χ0) is 13.7. The van der Waals surface area contributed by atoms with E-state index in [0.29, 0.717) is 23.9 Å². The fourth-order valence-corrected chi connectivity index (χ4v) is 2.17. The second-order valence-corrected chi connectivity index (χ2v) is 5.85. The molecule has 1 N–H and O–H groups in total. The predicted molar refractivity (Wildman–Crippen MR) is 77.8 cm³/mol. The summed E-state index contributed by atoms with van der Waals surface area (Å²) in [5, 5.41) is 8.25. The molecule has 0 fully saturated rings. The maximum atomic E-state index is 4.65. The first kappa shape index (κ1) is 15.2. The lowest BCUT2D eigenvalue weighted by atomic mass is 9.87. The molecule has 1 heterocycles. The molecule has 1 aromatic heterocycles. The zero-order valence-electron chi connectivity index (χ0n) is 12.8. The van der Waals surface area contributed by atoms with Crippen molar-refractivity contribution < 1.29 is 0 Å². The molecule has 0 aliphatic rings. The Morgan fingerprint density at radius 1 is 1.22 bits per heavy atom. The molecule has 0 amide bonds. The Bertz CT molecular complexity index is 341. The van der Waals surface area contributed by atoms with Gasteiger partial charge >= 0.3 is 0 Å². The molecule has 2 unspecified atom stereocenters. The normalized spacial score (nSPS) is 15.3. The Balaban J connectivity index is 2.70. The molecule has 0 radical (unpaired) electrons. The fourth-order valence-electron chi connectivity index (χ4n) is 2.17. The standard InChI is InChI=1S/C15H29N3/c1-7-16-15(13(6)11(2)3)10-14-8-9-18(17-14)12(4)5/h8-9,11-13,15-16H,7,10H2,1-6H3. The van der Waals surface area contributed by atoms with Gasteiger partial charge in [0, 0.05) is 24.7 Å². The van der Waals surface area contributed by atoms with E-state index < -0.39 is 0 Å². The van der Waals surface area contributed by atoms with Crippen LogP contribution in [0, 0.1) is 11.8 Å². The number of hydrogen-bond acceptors (Lipinski definition) is 2. The van der Waals surface area contributed by atoms with Crippen LogP contribution < -0.4 is 5.32 Å². The van der Waals surface area contributed by atoms with Crippen LogP contribution in [0.4, 0.5) is 0 Å². The predicted octanol–water partition coefficient (Wildman–Crippen LogP) is 3.28. The minimum absolute atomic E-state index is 0.443. The molecule has 0 aromatic carbocycles. The topological polar surface area (TPSA) is 29.9 Å². The first-order valence-electron chi connectivity index (χ1n) is 7.23. The molecule has 0 bridgehead atoms. The van der Waals surface area contributed by atoms with E-state index in [-0.39, 0.29) is 0 Å². The first-order valence-corrected chi connectivity index (χ1v) is 7.23. The van der Waals surface area contributed by atoms with E-state index in [2.05, 4.69) is 64.2 Å². The van der Waals surface area contributed by atoms with Crippen molar-refractivity contribution in [2.24, 2.45) is 11.8 Å². The highest BCUT2D eigenvalue weighted by Crippen LogP contribution is 2.18. The number of aromatic nitrogens is 2. The molecule has 1 aromatic rings. The monoisotopic (exact) mass is 251 g/mol. The van der Waals surface area contributed by atoms with Crippen LogP contribution in [0.15, 0.2) is 12.3 Å². The fraction of sp³-hybridized carbons (Fsp3) is 0.800. The lowest BCUT2D eigenvalue weighted by Gasteiger charge is -2.27. The van der Waals surface area contributed by atoms with Gasteiger partial charge in [-0.2, -0.15) is 5.10 Å². The molecular formula is C15H29N3. The molecule has 104 valence electrons. The summed E-state index contributed by atoms with van der Waals surface area (Å²) in [6.07, 6.45) is 3.11. The summed E-state index contributed by atoms with van der Waals surface area (Å²) in [5.74, 6) is 1.36. The van der Waals surface area contributed by atoms with Crippen molar-refractivity contribution in [2.75, 3.05) is 6.54 Å². The quantitative estimate of drug-likeness (QED) is 0.806. The van der Waals surface area contributed by atoms with Crippen molar-refractivity contribution >= 4 is 0 Å². The molecule has 0 aliphatic heterocycles. The molecular weight excluding hydrogens is 222 g/mol. The van der Waals surface area contributed by atoms with Crippen LogP contribution in [0.25, 0.3) is 0 Å². The van der Waals surface area contributed by atoms with Gasteiger partial charge in [-0.1, -0.05) is 27.7 Å². The van der Waals surface area contributed by atoms with Crippen LogP contribution in [0.2, 0.25) is 0 Å². The van der Waals surface area contributed by atoms with Gasteiger partial charge in [0.2, 0.25) is 0 Å². The van der Waals surface area contributed by atoms with Gasteiger partial charge < -0.3 is 5.32 Å². The first-order chi connectivity index (χ1) is 8.45. The molecule has 3 nitrogen and oxygen atoms in total. The van der Waals surface area contributed by atoms with E-state index in [4.69, 9.17) is 0 Å². The smallest absolute Gasteiger partial charge is 0.0640 e. The number of rotatable bonds is 7. The van der Waals surface area contributed by atoms with Crippen LogP contribution in [0.1, 0.15) is 53.3 Å². The number of nitrogens with zero attached hydrogens (tertiary/aromatic N) is 2. The SMILES string of the molecule is CCNC(Cc1ccn(C(C)C)n1)C(C)C(C)C. The van der Waals surface area contributed by atoms with E-state index in [1.165, 1.54) is 5.69 Å².